The van der Waals surface area contributed by atoms with E-state index < -0.39 is 5.97 Å². The predicted molar refractivity (Wildman–Crippen MR) is 121 cm³/mol. The highest BCUT2D eigenvalue weighted by Gasteiger charge is 2.18. The number of carboxylic acid groups (broad SMARTS) is 1. The summed E-state index contributed by atoms with van der Waals surface area (Å²) in [6, 6.07) is 12.6. The summed E-state index contributed by atoms with van der Waals surface area (Å²) >= 11 is 0. The number of benzene rings is 2. The van der Waals surface area contributed by atoms with E-state index in [0.717, 1.165) is 29.4 Å². The van der Waals surface area contributed by atoms with Gasteiger partial charge in [0.1, 0.15) is 5.84 Å². The molecule has 0 saturated carbocycles. The van der Waals surface area contributed by atoms with Crippen molar-refractivity contribution in [2.45, 2.75) is 13.0 Å². The number of nitrogen functional groups attached to an aromatic ring is 1. The van der Waals surface area contributed by atoms with E-state index in [0.29, 0.717) is 17.7 Å². The molecule has 0 atom stereocenters. The molecule has 0 radical (unpaired) electrons. The number of aromatic nitrogens is 1. The van der Waals surface area contributed by atoms with E-state index in [1.165, 1.54) is 5.56 Å². The number of aryl methyl sites for hydroxylation is 1. The molecule has 2 heterocycles. The van der Waals surface area contributed by atoms with Crippen LogP contribution in [0.25, 0.3) is 10.9 Å². The summed E-state index contributed by atoms with van der Waals surface area (Å²) in [5.41, 5.74) is 15.4. The van der Waals surface area contributed by atoms with Crippen molar-refractivity contribution in [3.63, 3.8) is 0 Å². The van der Waals surface area contributed by atoms with Crippen LogP contribution in [0.4, 0.5) is 0 Å². The second-order valence-corrected chi connectivity index (χ2v) is 7.57. The molecular weight excluding hydrogens is 412 g/mol. The van der Waals surface area contributed by atoms with Gasteiger partial charge in [0.2, 0.25) is 0 Å². The number of hydrogen-bond acceptors (Lipinski definition) is 6. The number of hydrogen-bond donors (Lipinski definition) is 6. The molecule has 32 heavy (non-hydrogen) atoms. The highest BCUT2D eigenvalue weighted by molar-refractivity contribution is 5.99. The maximum atomic E-state index is 10.7. The van der Waals surface area contributed by atoms with Crippen LogP contribution in [0.15, 0.2) is 47.6 Å². The van der Waals surface area contributed by atoms with Crippen molar-refractivity contribution in [1.29, 1.82) is 5.41 Å². The molecule has 0 saturated heterocycles. The number of carbonyl (C=O) groups is 1. The maximum absolute atomic E-state index is 10.7. The van der Waals surface area contributed by atoms with Crippen LogP contribution in [0.3, 0.4) is 0 Å². The molecule has 0 aliphatic carbocycles. The highest BCUT2D eigenvalue weighted by atomic mass is 16.4. The van der Waals surface area contributed by atoms with Gasteiger partial charge in [0, 0.05) is 42.7 Å². The van der Waals surface area contributed by atoms with Crippen molar-refractivity contribution in [1.82, 2.24) is 9.47 Å². The zero-order chi connectivity index (χ0) is 23.4. The number of amidine groups is 2. The van der Waals surface area contributed by atoms with Crippen LogP contribution in [-0.2, 0) is 24.8 Å². The van der Waals surface area contributed by atoms with E-state index in [4.69, 9.17) is 27.2 Å². The van der Waals surface area contributed by atoms with Gasteiger partial charge in [-0.1, -0.05) is 17.3 Å². The van der Waals surface area contributed by atoms with Crippen LogP contribution in [0.5, 0.6) is 5.88 Å². The Bertz CT molecular complexity index is 1200. The molecule has 0 unspecified atom stereocenters. The number of nitrogens with zero attached hydrogens (tertiary/aromatic N) is 3. The first-order chi connectivity index (χ1) is 15.2. The molecule has 3 aromatic rings. The summed E-state index contributed by atoms with van der Waals surface area (Å²) < 4.78 is 1.68. The Morgan fingerprint density at radius 1 is 1.12 bits per heavy atom. The van der Waals surface area contributed by atoms with Gasteiger partial charge < -0.3 is 31.5 Å². The van der Waals surface area contributed by atoms with E-state index in [1.807, 2.05) is 23.1 Å². The first kappa shape index (κ1) is 22.6. The van der Waals surface area contributed by atoms with Crippen LogP contribution in [0.2, 0.25) is 0 Å². The monoisotopic (exact) mass is 438 g/mol. The molecule has 4 rings (SSSR count). The number of fused-ring (bicyclic) bond motifs is 2. The second-order valence-electron chi connectivity index (χ2n) is 7.57. The molecule has 1 aliphatic heterocycles. The van der Waals surface area contributed by atoms with E-state index in [1.54, 1.807) is 35.9 Å². The zero-order valence-corrected chi connectivity index (χ0v) is 17.6. The van der Waals surface area contributed by atoms with Gasteiger partial charge >= 0.3 is 5.97 Å². The van der Waals surface area contributed by atoms with E-state index in [-0.39, 0.29) is 24.1 Å². The largest absolute Gasteiger partial charge is 0.494 e. The minimum absolute atomic E-state index is 0.0350. The van der Waals surface area contributed by atoms with Crippen molar-refractivity contribution in [2.75, 3.05) is 13.1 Å². The molecular formula is C22H26N6O4. The Morgan fingerprint density at radius 2 is 1.84 bits per heavy atom. The SMILES string of the molecule is Cn1c(O)cc2cc(C(=N)N)ccc21.NC(=NO)c1ccc2c(c1)CN(CC(=O)O)CC2. The average molecular weight is 438 g/mol. The molecule has 8 N–H and O–H groups in total. The van der Waals surface area contributed by atoms with Gasteiger partial charge in [-0.3, -0.25) is 15.1 Å². The molecule has 0 fully saturated rings. The van der Waals surface area contributed by atoms with Gasteiger partial charge in [-0.15, -0.1) is 0 Å². The molecule has 1 aliphatic rings. The summed E-state index contributed by atoms with van der Waals surface area (Å²) in [4.78, 5) is 12.5. The van der Waals surface area contributed by atoms with Gasteiger partial charge in [-0.25, -0.2) is 0 Å². The fourth-order valence-corrected chi connectivity index (χ4v) is 3.66. The number of aliphatic carboxylic acids is 1. The molecule has 2 aromatic carbocycles. The first-order valence-electron chi connectivity index (χ1n) is 9.86. The Morgan fingerprint density at radius 3 is 2.50 bits per heavy atom. The number of carboxylic acids is 1. The minimum Gasteiger partial charge on any atom is -0.494 e. The third-order valence-electron chi connectivity index (χ3n) is 5.39. The normalized spacial score (nSPS) is 13.8. The standard InChI is InChI=1S/C12H15N3O3.C10H11N3O/c13-12(14-18)9-2-1-8-3-4-15(7-11(16)17)6-10(8)5-9;1-13-8-3-2-6(10(11)12)4-7(8)5-9(13)14/h1-2,5,18H,3-4,6-7H2,(H2,13,14)(H,16,17);2-5,14H,1H3,(H3,11,12). The number of aromatic hydroxyl groups is 1. The smallest absolute Gasteiger partial charge is 0.317 e. The Labute approximate surface area is 184 Å². The minimum atomic E-state index is -0.828. The van der Waals surface area contributed by atoms with Crippen LogP contribution >= 0.6 is 0 Å². The average Bonchev–Trinajstić information content (AvgIpc) is 3.05. The summed E-state index contributed by atoms with van der Waals surface area (Å²) in [6.45, 7) is 1.35. The quantitative estimate of drug-likeness (QED) is 0.154. The molecule has 0 amide bonds. The Balaban J connectivity index is 0.000000186. The van der Waals surface area contributed by atoms with Crippen molar-refractivity contribution in [3.8, 4) is 5.88 Å². The topological polar surface area (TPSA) is 174 Å². The lowest BCUT2D eigenvalue weighted by molar-refractivity contribution is -0.138. The van der Waals surface area contributed by atoms with E-state index in [9.17, 15) is 9.90 Å². The van der Waals surface area contributed by atoms with Crippen LogP contribution in [0.1, 0.15) is 22.3 Å². The number of rotatable bonds is 4. The number of nitrogens with one attached hydrogen (secondary N) is 1. The summed E-state index contributed by atoms with van der Waals surface area (Å²) in [7, 11) is 1.78. The summed E-state index contributed by atoms with van der Waals surface area (Å²) in [5.74, 6) is -0.518. The highest BCUT2D eigenvalue weighted by Crippen LogP contribution is 2.24. The lowest BCUT2D eigenvalue weighted by Gasteiger charge is -2.27. The van der Waals surface area contributed by atoms with E-state index in [2.05, 4.69) is 5.16 Å². The van der Waals surface area contributed by atoms with Gasteiger partial charge in [-0.05, 0) is 41.8 Å². The van der Waals surface area contributed by atoms with Crippen molar-refractivity contribution in [3.05, 3.63) is 64.7 Å². The summed E-state index contributed by atoms with van der Waals surface area (Å²) in [6.07, 6.45) is 0.819. The van der Waals surface area contributed by atoms with Crippen molar-refractivity contribution >= 4 is 28.5 Å². The predicted octanol–water partition coefficient (Wildman–Crippen LogP) is 1.39. The third kappa shape index (κ3) is 4.98. The van der Waals surface area contributed by atoms with Gasteiger partial charge in [-0.2, -0.15) is 0 Å². The van der Waals surface area contributed by atoms with E-state index >= 15 is 0 Å². The zero-order valence-electron chi connectivity index (χ0n) is 17.6. The molecule has 1 aromatic heterocycles. The molecule has 0 bridgehead atoms. The Kier molecular flexibility index (Phi) is 6.64. The van der Waals surface area contributed by atoms with Gasteiger partial charge in [0.25, 0.3) is 0 Å². The van der Waals surface area contributed by atoms with Crippen LogP contribution in [-0.4, -0.2) is 55.6 Å². The third-order valence-corrected chi connectivity index (χ3v) is 5.39. The maximum Gasteiger partial charge on any atom is 0.317 e. The fraction of sp³-hybridized carbons (Fsp3) is 0.227. The molecule has 0 spiro atoms. The fourth-order valence-electron chi connectivity index (χ4n) is 3.66. The molecule has 168 valence electrons. The molecule has 10 heteroatoms. The lowest BCUT2D eigenvalue weighted by atomic mass is 9.97. The number of oxime groups is 1. The van der Waals surface area contributed by atoms with Crippen LogP contribution < -0.4 is 11.5 Å². The summed E-state index contributed by atoms with van der Waals surface area (Å²) in [5, 5.41) is 38.0. The lowest BCUT2D eigenvalue weighted by Crippen LogP contribution is -2.34. The van der Waals surface area contributed by atoms with Crippen molar-refractivity contribution < 1.29 is 20.2 Å². The van der Waals surface area contributed by atoms with Crippen LogP contribution in [0, 0.1) is 5.41 Å². The Hall–Kier alpha value is -4.05. The first-order valence-corrected chi connectivity index (χ1v) is 9.86. The number of nitrogens with two attached hydrogens (primary N) is 2. The van der Waals surface area contributed by atoms with Gasteiger partial charge in [0.15, 0.2) is 11.7 Å². The van der Waals surface area contributed by atoms with Crippen molar-refractivity contribution in [2.24, 2.45) is 23.7 Å². The second kappa shape index (κ2) is 9.40. The van der Waals surface area contributed by atoms with Gasteiger partial charge in [0.05, 0.1) is 12.1 Å². The molecule has 10 nitrogen and oxygen atoms in total.